The van der Waals surface area contributed by atoms with Crippen LogP contribution < -0.4 is 0 Å². The molecule has 1 saturated carbocycles. The number of hydrogen-bond acceptors (Lipinski definition) is 0. The molecule has 0 bridgehead atoms. The fourth-order valence-electron chi connectivity index (χ4n) is 2.61. The molecule has 1 aliphatic carbocycles. The Morgan fingerprint density at radius 1 is 0.857 bits per heavy atom. The molecular formula is C14H32. The lowest BCUT2D eigenvalue weighted by Gasteiger charge is -2.19. The summed E-state index contributed by atoms with van der Waals surface area (Å²) in [5, 5.41) is 0. The lowest BCUT2D eigenvalue weighted by Crippen LogP contribution is -2.10. The molecule has 14 heavy (non-hydrogen) atoms. The summed E-state index contributed by atoms with van der Waals surface area (Å²) in [6.45, 7) is 15.1. The van der Waals surface area contributed by atoms with Gasteiger partial charge in [-0.2, -0.15) is 0 Å². The van der Waals surface area contributed by atoms with Gasteiger partial charge in [0.15, 0.2) is 0 Å². The van der Waals surface area contributed by atoms with Crippen molar-refractivity contribution >= 4 is 0 Å². The maximum absolute atomic E-state index is 2.42. The summed E-state index contributed by atoms with van der Waals surface area (Å²) in [7, 11) is 0. The Bertz CT molecular complexity index is 96.2. The van der Waals surface area contributed by atoms with E-state index in [9.17, 15) is 0 Å². The zero-order valence-corrected chi connectivity index (χ0v) is 11.6. The average molecular weight is 200 g/mol. The maximum Gasteiger partial charge on any atom is -0.0363 e. The molecule has 0 heterocycles. The Kier molecular flexibility index (Phi) is 13.0. The minimum atomic E-state index is 1.01. The van der Waals surface area contributed by atoms with E-state index in [2.05, 4.69) is 20.8 Å². The first-order valence-corrected chi connectivity index (χ1v) is 6.79. The van der Waals surface area contributed by atoms with E-state index >= 15 is 0 Å². The lowest BCUT2D eigenvalue weighted by atomic mass is 9.87. The normalized spacial score (nSPS) is 29.8. The summed E-state index contributed by atoms with van der Waals surface area (Å²) in [6, 6.07) is 0. The van der Waals surface area contributed by atoms with Crippen molar-refractivity contribution in [2.24, 2.45) is 17.8 Å². The third-order valence-corrected chi connectivity index (χ3v) is 3.32. The van der Waals surface area contributed by atoms with Crippen LogP contribution >= 0.6 is 0 Å². The van der Waals surface area contributed by atoms with Crippen LogP contribution in [0, 0.1) is 17.8 Å². The van der Waals surface area contributed by atoms with Gasteiger partial charge < -0.3 is 0 Å². The Morgan fingerprint density at radius 3 is 1.64 bits per heavy atom. The molecule has 88 valence electrons. The van der Waals surface area contributed by atoms with Crippen LogP contribution in [0.5, 0.6) is 0 Å². The predicted octanol–water partition coefficient (Wildman–Crippen LogP) is 5.52. The largest absolute Gasteiger partial charge is 0.0683 e. The van der Waals surface area contributed by atoms with Crippen LogP contribution in [-0.2, 0) is 0 Å². The fourth-order valence-corrected chi connectivity index (χ4v) is 2.61. The van der Waals surface area contributed by atoms with Crippen LogP contribution in [0.1, 0.15) is 74.1 Å². The lowest BCUT2D eigenvalue weighted by molar-refractivity contribution is 0.310. The van der Waals surface area contributed by atoms with Crippen LogP contribution in [0.4, 0.5) is 0 Å². The molecule has 0 saturated heterocycles. The molecule has 0 aromatic rings. The third-order valence-electron chi connectivity index (χ3n) is 3.32. The summed E-state index contributed by atoms with van der Waals surface area (Å²) in [5.74, 6) is 3.11. The third kappa shape index (κ3) is 5.02. The molecule has 0 spiro atoms. The molecular weight excluding hydrogens is 168 g/mol. The van der Waals surface area contributed by atoms with Crippen molar-refractivity contribution < 1.29 is 0 Å². The van der Waals surface area contributed by atoms with E-state index in [1.54, 1.807) is 0 Å². The van der Waals surface area contributed by atoms with E-state index in [0.29, 0.717) is 0 Å². The quantitative estimate of drug-likeness (QED) is 0.550. The van der Waals surface area contributed by atoms with Crippen molar-refractivity contribution in [1.82, 2.24) is 0 Å². The van der Waals surface area contributed by atoms with E-state index in [1.165, 1.54) is 25.7 Å². The van der Waals surface area contributed by atoms with Gasteiger partial charge in [0.05, 0.1) is 0 Å². The van der Waals surface area contributed by atoms with Gasteiger partial charge in [0.1, 0.15) is 0 Å². The van der Waals surface area contributed by atoms with E-state index in [-0.39, 0.29) is 0 Å². The van der Waals surface area contributed by atoms with Crippen molar-refractivity contribution in [3.05, 3.63) is 0 Å². The Labute approximate surface area is 92.5 Å². The van der Waals surface area contributed by atoms with Crippen molar-refractivity contribution in [3.8, 4) is 0 Å². The van der Waals surface area contributed by atoms with Gasteiger partial charge >= 0.3 is 0 Å². The first-order valence-electron chi connectivity index (χ1n) is 6.79. The van der Waals surface area contributed by atoms with Gasteiger partial charge in [-0.3, -0.25) is 0 Å². The van der Waals surface area contributed by atoms with Gasteiger partial charge in [-0.1, -0.05) is 67.7 Å². The molecule has 0 nitrogen and oxygen atoms in total. The zero-order chi connectivity index (χ0) is 11.6. The second-order valence-electron chi connectivity index (χ2n) is 3.80. The van der Waals surface area contributed by atoms with Crippen molar-refractivity contribution in [2.45, 2.75) is 74.1 Å². The van der Waals surface area contributed by atoms with Crippen molar-refractivity contribution in [2.75, 3.05) is 0 Å². The van der Waals surface area contributed by atoms with Gasteiger partial charge in [-0.25, -0.2) is 0 Å². The van der Waals surface area contributed by atoms with Crippen LogP contribution in [0.3, 0.4) is 0 Å². The molecule has 3 unspecified atom stereocenters. The molecule has 1 aliphatic rings. The summed E-state index contributed by atoms with van der Waals surface area (Å²) < 4.78 is 0. The maximum atomic E-state index is 2.42. The Hall–Kier alpha value is 0. The first-order chi connectivity index (χ1) is 6.79. The topological polar surface area (TPSA) is 0 Å². The van der Waals surface area contributed by atoms with E-state index in [1.807, 2.05) is 27.7 Å². The van der Waals surface area contributed by atoms with Crippen LogP contribution in [0.2, 0.25) is 0 Å². The molecule has 0 aliphatic heterocycles. The molecule has 0 aromatic heterocycles. The van der Waals surface area contributed by atoms with Gasteiger partial charge in [-0.05, 0) is 24.2 Å². The highest BCUT2D eigenvalue weighted by Crippen LogP contribution is 2.40. The standard InChI is InChI=1S/C10H20.2C2H6/c1-4-9-7-6-8(3)10(9)5-2;2*1-2/h8-10H,4-7H2,1-3H3;2*1-2H3. The second-order valence-corrected chi connectivity index (χ2v) is 3.80. The molecule has 3 atom stereocenters. The van der Waals surface area contributed by atoms with E-state index < -0.39 is 0 Å². The predicted molar refractivity (Wildman–Crippen MR) is 68.7 cm³/mol. The molecule has 0 radical (unpaired) electrons. The highest BCUT2D eigenvalue weighted by atomic mass is 14.3. The minimum Gasteiger partial charge on any atom is -0.0683 e. The summed E-state index contributed by atoms with van der Waals surface area (Å²) in [5.41, 5.74) is 0. The molecule has 0 aromatic carbocycles. The Morgan fingerprint density at radius 2 is 1.36 bits per heavy atom. The van der Waals surface area contributed by atoms with Gasteiger partial charge in [0.25, 0.3) is 0 Å². The molecule has 1 fully saturated rings. The van der Waals surface area contributed by atoms with Gasteiger partial charge in [-0.15, -0.1) is 0 Å². The van der Waals surface area contributed by atoms with Gasteiger partial charge in [0.2, 0.25) is 0 Å². The molecule has 0 heteroatoms. The molecule has 0 amide bonds. The van der Waals surface area contributed by atoms with Crippen LogP contribution in [-0.4, -0.2) is 0 Å². The highest BCUT2D eigenvalue weighted by molar-refractivity contribution is 4.80. The second kappa shape index (κ2) is 11.1. The summed E-state index contributed by atoms with van der Waals surface area (Å²) in [6.07, 6.45) is 5.79. The average Bonchev–Trinajstić information content (AvgIpc) is 2.64. The van der Waals surface area contributed by atoms with Crippen molar-refractivity contribution in [1.29, 1.82) is 0 Å². The van der Waals surface area contributed by atoms with Gasteiger partial charge in [0, 0.05) is 0 Å². The SMILES string of the molecule is CC.CC.CCC1CCC(C)C1CC. The van der Waals surface area contributed by atoms with E-state index in [0.717, 1.165) is 17.8 Å². The van der Waals surface area contributed by atoms with Crippen molar-refractivity contribution in [3.63, 3.8) is 0 Å². The first kappa shape index (κ1) is 16.4. The molecule has 0 N–H and O–H groups in total. The van der Waals surface area contributed by atoms with Crippen LogP contribution in [0.15, 0.2) is 0 Å². The fraction of sp³-hybridized carbons (Fsp3) is 1.00. The van der Waals surface area contributed by atoms with Crippen LogP contribution in [0.25, 0.3) is 0 Å². The zero-order valence-electron chi connectivity index (χ0n) is 11.6. The smallest absolute Gasteiger partial charge is 0.0363 e. The Balaban J connectivity index is 0. The monoisotopic (exact) mass is 200 g/mol. The minimum absolute atomic E-state index is 1.01. The number of hydrogen-bond donors (Lipinski definition) is 0. The van der Waals surface area contributed by atoms with E-state index in [4.69, 9.17) is 0 Å². The number of rotatable bonds is 2. The molecule has 1 rings (SSSR count). The summed E-state index contributed by atoms with van der Waals surface area (Å²) in [4.78, 5) is 0. The highest BCUT2D eigenvalue weighted by Gasteiger charge is 2.29. The summed E-state index contributed by atoms with van der Waals surface area (Å²) >= 11 is 0.